The molecule has 3 aliphatic rings. The van der Waals surface area contributed by atoms with Gasteiger partial charge in [-0.3, -0.25) is 0 Å². The maximum atomic E-state index is 10.7. The van der Waals surface area contributed by atoms with E-state index in [1.54, 1.807) is 0 Å². The summed E-state index contributed by atoms with van der Waals surface area (Å²) in [5.74, 6) is 1.15. The maximum absolute atomic E-state index is 10.7. The van der Waals surface area contributed by atoms with Crippen LogP contribution in [-0.4, -0.2) is 40.3 Å². The predicted molar refractivity (Wildman–Crippen MR) is 86.0 cm³/mol. The summed E-state index contributed by atoms with van der Waals surface area (Å²) < 4.78 is 17.9. The van der Waals surface area contributed by atoms with Gasteiger partial charge in [0, 0.05) is 11.5 Å². The Morgan fingerprint density at radius 3 is 3.00 bits per heavy atom. The van der Waals surface area contributed by atoms with Crippen molar-refractivity contribution in [2.24, 2.45) is 0 Å². The van der Waals surface area contributed by atoms with Crippen molar-refractivity contribution in [3.63, 3.8) is 0 Å². The van der Waals surface area contributed by atoms with Crippen LogP contribution in [0.15, 0.2) is 28.7 Å². The Morgan fingerprint density at radius 2 is 2.13 bits per heavy atom. The molecular formula is C16H15BrN2O4. The number of aliphatic hydroxyl groups is 1. The zero-order chi connectivity index (χ0) is 15.8. The van der Waals surface area contributed by atoms with Gasteiger partial charge in [-0.1, -0.05) is 0 Å². The van der Waals surface area contributed by atoms with Crippen LogP contribution < -0.4 is 10.5 Å². The minimum absolute atomic E-state index is 0.179. The molecule has 1 aromatic heterocycles. The second-order valence-corrected chi connectivity index (χ2v) is 7.23. The normalized spacial score (nSPS) is 37.7. The lowest BCUT2D eigenvalue weighted by Crippen LogP contribution is -2.45. The van der Waals surface area contributed by atoms with Gasteiger partial charge in [0.2, 0.25) is 0 Å². The minimum Gasteiger partial charge on any atom is -0.488 e. The largest absolute Gasteiger partial charge is 0.488 e. The Labute approximate surface area is 140 Å². The highest BCUT2D eigenvalue weighted by Gasteiger charge is 2.71. The number of benzene rings is 1. The molecule has 5 rings (SSSR count). The van der Waals surface area contributed by atoms with Crippen LogP contribution in [0.2, 0.25) is 0 Å². The molecule has 1 saturated carbocycles. The summed E-state index contributed by atoms with van der Waals surface area (Å²) >= 11 is 3.38. The van der Waals surface area contributed by atoms with E-state index in [0.29, 0.717) is 18.0 Å². The zero-order valence-corrected chi connectivity index (χ0v) is 13.7. The van der Waals surface area contributed by atoms with Gasteiger partial charge in [0.15, 0.2) is 6.29 Å². The lowest BCUT2D eigenvalue weighted by Gasteiger charge is -2.26. The van der Waals surface area contributed by atoms with Crippen LogP contribution >= 0.6 is 15.9 Å². The molecule has 0 spiro atoms. The average Bonchev–Trinajstić information content (AvgIpc) is 3.16. The number of fused-ring (bicyclic) bond motifs is 4. The molecule has 6 nitrogen and oxygen atoms in total. The number of anilines is 1. The van der Waals surface area contributed by atoms with Crippen LogP contribution in [0.1, 0.15) is 12.8 Å². The summed E-state index contributed by atoms with van der Waals surface area (Å²) in [5, 5.41) is 11.6. The number of nitrogens with two attached hydrogens (primary N) is 1. The standard InChI is InChI=1S/C16H15BrN2O4/c17-9-5-7-1-2-8(6-10(7)19-14(9)18)21-11-3-4-16(20)12(11)22-15-13(16)23-15/h1-2,5-6,11-13,15,20H,3-4H2,(H2,18,19)/t11-,12+,13-,15+,16+/m0/s1. The van der Waals surface area contributed by atoms with E-state index >= 15 is 0 Å². The van der Waals surface area contributed by atoms with Crippen LogP contribution in [0.3, 0.4) is 0 Å². The van der Waals surface area contributed by atoms with E-state index in [2.05, 4.69) is 20.9 Å². The van der Waals surface area contributed by atoms with Gasteiger partial charge in [0.05, 0.1) is 9.99 Å². The summed E-state index contributed by atoms with van der Waals surface area (Å²) in [4.78, 5) is 4.36. The summed E-state index contributed by atoms with van der Waals surface area (Å²) in [6, 6.07) is 7.64. The predicted octanol–water partition coefficient (Wildman–Crippen LogP) is 1.98. The number of nitrogen functional groups attached to an aromatic ring is 1. The fourth-order valence-electron chi connectivity index (χ4n) is 3.70. The lowest BCUT2D eigenvalue weighted by molar-refractivity contribution is -0.131. The second-order valence-electron chi connectivity index (χ2n) is 6.38. The van der Waals surface area contributed by atoms with E-state index in [0.717, 1.165) is 21.8 Å². The molecule has 0 radical (unpaired) electrons. The van der Waals surface area contributed by atoms with Gasteiger partial charge >= 0.3 is 0 Å². The third-order valence-electron chi connectivity index (χ3n) is 4.94. The Bertz CT molecular complexity index is 816. The van der Waals surface area contributed by atoms with Gasteiger partial charge in [0.1, 0.15) is 35.5 Å². The molecule has 0 amide bonds. The molecule has 3 heterocycles. The van der Waals surface area contributed by atoms with Gasteiger partial charge in [0.25, 0.3) is 0 Å². The number of hydrogen-bond donors (Lipinski definition) is 2. The number of aromatic nitrogens is 1. The number of nitrogens with zero attached hydrogens (tertiary/aromatic N) is 1. The van der Waals surface area contributed by atoms with E-state index in [1.807, 2.05) is 24.3 Å². The Hall–Kier alpha value is -1.41. The Morgan fingerprint density at radius 1 is 1.30 bits per heavy atom. The first kappa shape index (κ1) is 14.0. The molecule has 0 unspecified atom stereocenters. The highest BCUT2D eigenvalue weighted by molar-refractivity contribution is 9.10. The Balaban J connectivity index is 1.42. The fraction of sp³-hybridized carbons (Fsp3) is 0.438. The van der Waals surface area contributed by atoms with E-state index in [4.69, 9.17) is 19.9 Å². The molecule has 2 saturated heterocycles. The number of rotatable bonds is 2. The summed E-state index contributed by atoms with van der Waals surface area (Å²) in [6.45, 7) is 0. The third kappa shape index (κ3) is 2.00. The van der Waals surface area contributed by atoms with Crippen molar-refractivity contribution in [2.45, 2.75) is 43.0 Å². The molecule has 1 aliphatic carbocycles. The molecular weight excluding hydrogens is 364 g/mol. The molecule has 23 heavy (non-hydrogen) atoms. The third-order valence-corrected chi connectivity index (χ3v) is 5.58. The van der Waals surface area contributed by atoms with Gasteiger partial charge in [-0.2, -0.15) is 0 Å². The van der Waals surface area contributed by atoms with Gasteiger partial charge in [-0.25, -0.2) is 4.98 Å². The molecule has 2 aromatic rings. The minimum atomic E-state index is -0.903. The summed E-state index contributed by atoms with van der Waals surface area (Å²) in [5.41, 5.74) is 5.71. The lowest BCUT2D eigenvalue weighted by atomic mass is 9.98. The molecule has 3 N–H and O–H groups in total. The number of halogens is 1. The van der Waals surface area contributed by atoms with E-state index in [1.165, 1.54) is 0 Å². The zero-order valence-electron chi connectivity index (χ0n) is 12.1. The maximum Gasteiger partial charge on any atom is 0.188 e. The summed E-state index contributed by atoms with van der Waals surface area (Å²) in [6.07, 6.45) is 0.423. The molecule has 0 bridgehead atoms. The molecule has 2 aliphatic heterocycles. The molecule has 3 fully saturated rings. The van der Waals surface area contributed by atoms with Crippen molar-refractivity contribution >= 4 is 32.7 Å². The fourth-order valence-corrected chi connectivity index (χ4v) is 4.04. The van der Waals surface area contributed by atoms with E-state index in [9.17, 15) is 5.11 Å². The SMILES string of the molecule is Nc1nc2cc(O[C@H]3CC[C@@]4(O)[C@@H]3O[C@@H]3O[C@@H]34)ccc2cc1Br. The van der Waals surface area contributed by atoms with Gasteiger partial charge in [-0.05, 0) is 47.0 Å². The quantitative estimate of drug-likeness (QED) is 0.776. The number of pyridine rings is 1. The van der Waals surface area contributed by atoms with Crippen LogP contribution in [0.25, 0.3) is 10.9 Å². The number of hydrogen-bond acceptors (Lipinski definition) is 6. The van der Waals surface area contributed by atoms with Crippen molar-refractivity contribution in [2.75, 3.05) is 5.73 Å². The smallest absolute Gasteiger partial charge is 0.188 e. The first-order valence-corrected chi connectivity index (χ1v) is 8.40. The van der Waals surface area contributed by atoms with Crippen LogP contribution in [-0.2, 0) is 9.47 Å². The van der Waals surface area contributed by atoms with Crippen molar-refractivity contribution in [3.8, 4) is 5.75 Å². The highest BCUT2D eigenvalue weighted by Crippen LogP contribution is 2.53. The highest BCUT2D eigenvalue weighted by atomic mass is 79.9. The monoisotopic (exact) mass is 378 g/mol. The average molecular weight is 379 g/mol. The first-order valence-electron chi connectivity index (χ1n) is 7.60. The van der Waals surface area contributed by atoms with Gasteiger partial charge < -0.3 is 25.1 Å². The topological polar surface area (TPSA) is 90.1 Å². The van der Waals surface area contributed by atoms with Crippen molar-refractivity contribution in [3.05, 3.63) is 28.7 Å². The summed E-state index contributed by atoms with van der Waals surface area (Å²) in [7, 11) is 0. The molecule has 1 aromatic carbocycles. The number of ether oxygens (including phenoxy) is 3. The molecule has 120 valence electrons. The van der Waals surface area contributed by atoms with Crippen molar-refractivity contribution in [1.29, 1.82) is 0 Å². The van der Waals surface area contributed by atoms with E-state index < -0.39 is 5.60 Å². The van der Waals surface area contributed by atoms with Crippen molar-refractivity contribution in [1.82, 2.24) is 4.98 Å². The molecule has 7 heteroatoms. The van der Waals surface area contributed by atoms with Crippen LogP contribution in [0, 0.1) is 0 Å². The van der Waals surface area contributed by atoms with E-state index in [-0.39, 0.29) is 24.6 Å². The number of epoxide rings is 1. The van der Waals surface area contributed by atoms with Crippen molar-refractivity contribution < 1.29 is 19.3 Å². The van der Waals surface area contributed by atoms with Gasteiger partial charge in [-0.15, -0.1) is 0 Å². The van der Waals surface area contributed by atoms with Crippen LogP contribution in [0.4, 0.5) is 5.82 Å². The first-order chi connectivity index (χ1) is 11.0. The molecule has 5 atom stereocenters. The Kier molecular flexibility index (Phi) is 2.78. The second kappa shape index (κ2) is 4.57. The van der Waals surface area contributed by atoms with Crippen LogP contribution in [0.5, 0.6) is 5.75 Å².